The number of carbonyl (C=O) groups is 1. The lowest BCUT2D eigenvalue weighted by Gasteiger charge is -2.27. The van der Waals surface area contributed by atoms with Gasteiger partial charge in [-0.05, 0) is 19.8 Å². The zero-order valence-electron chi connectivity index (χ0n) is 8.89. The quantitative estimate of drug-likeness (QED) is 0.750. The zero-order valence-corrected chi connectivity index (χ0v) is 8.89. The Morgan fingerprint density at radius 2 is 2.27 bits per heavy atom. The van der Waals surface area contributed by atoms with Gasteiger partial charge in [0.05, 0.1) is 23.9 Å². The van der Waals surface area contributed by atoms with E-state index in [2.05, 4.69) is 5.10 Å². The minimum atomic E-state index is -0.321. The first-order chi connectivity index (χ1) is 7.18. The van der Waals surface area contributed by atoms with Gasteiger partial charge >= 0.3 is 0 Å². The van der Waals surface area contributed by atoms with Crippen LogP contribution >= 0.6 is 0 Å². The molecule has 2 atom stereocenters. The molecule has 1 N–H and O–H groups in total. The minimum Gasteiger partial charge on any atom is -0.391 e. The Morgan fingerprint density at radius 1 is 1.53 bits per heavy atom. The zero-order chi connectivity index (χ0) is 10.8. The second-order valence-corrected chi connectivity index (χ2v) is 4.18. The van der Waals surface area contributed by atoms with Crippen LogP contribution in [-0.2, 0) is 0 Å². The maximum absolute atomic E-state index is 11.1. The topological polar surface area (TPSA) is 55.1 Å². The normalized spacial score (nSPS) is 26.5. The molecule has 0 spiro atoms. The smallest absolute Gasteiger partial charge is 0.162 e. The highest BCUT2D eigenvalue weighted by molar-refractivity contribution is 5.93. The van der Waals surface area contributed by atoms with Gasteiger partial charge in [0.15, 0.2) is 5.78 Å². The van der Waals surface area contributed by atoms with E-state index in [4.69, 9.17) is 0 Å². The molecule has 4 nitrogen and oxygen atoms in total. The Labute approximate surface area is 88.9 Å². The molecule has 0 saturated heterocycles. The van der Waals surface area contributed by atoms with Gasteiger partial charge in [-0.2, -0.15) is 5.10 Å². The van der Waals surface area contributed by atoms with Crippen LogP contribution in [0.25, 0.3) is 0 Å². The van der Waals surface area contributed by atoms with Gasteiger partial charge in [0, 0.05) is 6.20 Å². The third-order valence-electron chi connectivity index (χ3n) is 3.04. The van der Waals surface area contributed by atoms with Crippen LogP contribution < -0.4 is 0 Å². The number of hydrogen-bond acceptors (Lipinski definition) is 3. The highest BCUT2D eigenvalue weighted by Crippen LogP contribution is 2.28. The molecule has 1 aliphatic carbocycles. The van der Waals surface area contributed by atoms with Crippen molar-refractivity contribution in [3.05, 3.63) is 18.0 Å². The number of hydrogen-bond donors (Lipinski definition) is 1. The third kappa shape index (κ3) is 2.09. The van der Waals surface area contributed by atoms with E-state index in [9.17, 15) is 9.90 Å². The van der Waals surface area contributed by atoms with Crippen LogP contribution in [0.4, 0.5) is 0 Å². The number of Topliss-reactive ketones (excluding diaryl/α,β-unsaturated/α-hetero) is 1. The summed E-state index contributed by atoms with van der Waals surface area (Å²) in [5.74, 6) is 0.0200. The van der Waals surface area contributed by atoms with Gasteiger partial charge in [-0.3, -0.25) is 9.48 Å². The number of carbonyl (C=O) groups excluding carboxylic acids is 1. The first-order valence-corrected chi connectivity index (χ1v) is 5.41. The molecule has 1 fully saturated rings. The maximum atomic E-state index is 11.1. The summed E-state index contributed by atoms with van der Waals surface area (Å²) in [6.45, 7) is 1.53. The van der Waals surface area contributed by atoms with E-state index in [1.165, 1.54) is 6.92 Å². The number of aliphatic hydroxyl groups excluding tert-OH is 1. The highest BCUT2D eigenvalue weighted by atomic mass is 16.3. The van der Waals surface area contributed by atoms with Crippen LogP contribution in [0.5, 0.6) is 0 Å². The summed E-state index contributed by atoms with van der Waals surface area (Å²) in [6, 6.07) is 0.0480. The molecule has 1 saturated carbocycles. The van der Waals surface area contributed by atoms with Crippen molar-refractivity contribution in [3.63, 3.8) is 0 Å². The Bertz CT molecular complexity index is 359. The van der Waals surface area contributed by atoms with Gasteiger partial charge in [-0.15, -0.1) is 0 Å². The van der Waals surface area contributed by atoms with E-state index in [0.29, 0.717) is 5.56 Å². The van der Waals surface area contributed by atoms with Crippen molar-refractivity contribution >= 4 is 5.78 Å². The Morgan fingerprint density at radius 3 is 2.87 bits per heavy atom. The second-order valence-electron chi connectivity index (χ2n) is 4.18. The fourth-order valence-electron chi connectivity index (χ4n) is 2.10. The monoisotopic (exact) mass is 208 g/mol. The third-order valence-corrected chi connectivity index (χ3v) is 3.04. The summed E-state index contributed by atoms with van der Waals surface area (Å²) >= 11 is 0. The lowest BCUT2D eigenvalue weighted by atomic mass is 9.93. The maximum Gasteiger partial charge on any atom is 0.162 e. The van der Waals surface area contributed by atoms with Crippen LogP contribution in [0.2, 0.25) is 0 Å². The summed E-state index contributed by atoms with van der Waals surface area (Å²) in [7, 11) is 0. The summed E-state index contributed by atoms with van der Waals surface area (Å²) in [6.07, 6.45) is 6.97. The van der Waals surface area contributed by atoms with Crippen molar-refractivity contribution in [2.45, 2.75) is 44.8 Å². The van der Waals surface area contributed by atoms with Crippen molar-refractivity contribution in [3.8, 4) is 0 Å². The predicted molar refractivity (Wildman–Crippen MR) is 55.7 cm³/mol. The molecule has 1 aromatic rings. The number of aromatic nitrogens is 2. The summed E-state index contributed by atoms with van der Waals surface area (Å²) in [5, 5.41) is 14.0. The fraction of sp³-hybridized carbons (Fsp3) is 0.636. The first-order valence-electron chi connectivity index (χ1n) is 5.41. The average molecular weight is 208 g/mol. The van der Waals surface area contributed by atoms with E-state index >= 15 is 0 Å². The van der Waals surface area contributed by atoms with Gasteiger partial charge < -0.3 is 5.11 Å². The average Bonchev–Trinajstić information content (AvgIpc) is 2.67. The fourth-order valence-corrected chi connectivity index (χ4v) is 2.10. The first kappa shape index (κ1) is 10.4. The van der Waals surface area contributed by atoms with E-state index in [1.807, 2.05) is 0 Å². The van der Waals surface area contributed by atoms with Crippen LogP contribution in [0.1, 0.15) is 49.0 Å². The number of aliphatic hydroxyl groups is 1. The molecule has 2 unspecified atom stereocenters. The minimum absolute atomic E-state index is 0.0200. The van der Waals surface area contributed by atoms with E-state index in [-0.39, 0.29) is 17.9 Å². The van der Waals surface area contributed by atoms with Gasteiger partial charge in [-0.1, -0.05) is 12.8 Å². The summed E-state index contributed by atoms with van der Waals surface area (Å²) in [5.41, 5.74) is 0.618. The number of ketones is 1. The van der Waals surface area contributed by atoms with Gasteiger partial charge in [-0.25, -0.2) is 0 Å². The van der Waals surface area contributed by atoms with Crippen LogP contribution in [-0.4, -0.2) is 26.8 Å². The molecule has 4 heteroatoms. The Balaban J connectivity index is 2.17. The summed E-state index contributed by atoms with van der Waals surface area (Å²) < 4.78 is 1.74. The van der Waals surface area contributed by atoms with Crippen molar-refractivity contribution in [1.82, 2.24) is 9.78 Å². The molecule has 1 aromatic heterocycles. The standard InChI is InChI=1S/C11H16N2O2/c1-8(14)9-6-12-13(7-9)10-4-2-3-5-11(10)15/h6-7,10-11,15H,2-5H2,1H3. The summed E-state index contributed by atoms with van der Waals surface area (Å²) in [4.78, 5) is 11.1. The largest absolute Gasteiger partial charge is 0.391 e. The predicted octanol–water partition coefficient (Wildman–Crippen LogP) is 1.56. The van der Waals surface area contributed by atoms with Gasteiger partial charge in [0.1, 0.15) is 0 Å². The van der Waals surface area contributed by atoms with E-state index < -0.39 is 0 Å². The van der Waals surface area contributed by atoms with Crippen LogP contribution in [0, 0.1) is 0 Å². The van der Waals surface area contributed by atoms with Crippen molar-refractivity contribution in [1.29, 1.82) is 0 Å². The second kappa shape index (κ2) is 4.14. The lowest BCUT2D eigenvalue weighted by Crippen LogP contribution is -2.27. The molecule has 0 aliphatic heterocycles. The highest BCUT2D eigenvalue weighted by Gasteiger charge is 2.25. The van der Waals surface area contributed by atoms with Crippen molar-refractivity contribution in [2.24, 2.45) is 0 Å². The van der Waals surface area contributed by atoms with E-state index in [0.717, 1.165) is 25.7 Å². The van der Waals surface area contributed by atoms with Crippen molar-refractivity contribution < 1.29 is 9.90 Å². The van der Waals surface area contributed by atoms with Gasteiger partial charge in [0.2, 0.25) is 0 Å². The number of nitrogens with zero attached hydrogens (tertiary/aromatic N) is 2. The molecule has 2 rings (SSSR count). The molecule has 0 radical (unpaired) electrons. The molecule has 0 amide bonds. The molecule has 0 aromatic carbocycles. The lowest BCUT2D eigenvalue weighted by molar-refractivity contribution is 0.0693. The molecule has 0 bridgehead atoms. The molecule has 1 heterocycles. The van der Waals surface area contributed by atoms with Gasteiger partial charge in [0.25, 0.3) is 0 Å². The van der Waals surface area contributed by atoms with Crippen molar-refractivity contribution in [2.75, 3.05) is 0 Å². The van der Waals surface area contributed by atoms with Crippen LogP contribution in [0.15, 0.2) is 12.4 Å². The SMILES string of the molecule is CC(=O)c1cnn(C2CCCCC2O)c1. The molecule has 1 aliphatic rings. The number of rotatable bonds is 2. The Kier molecular flexibility index (Phi) is 2.86. The Hall–Kier alpha value is -1.16. The van der Waals surface area contributed by atoms with Crippen LogP contribution in [0.3, 0.4) is 0 Å². The molecular formula is C11H16N2O2. The van der Waals surface area contributed by atoms with E-state index in [1.54, 1.807) is 17.1 Å². The molecule has 82 valence electrons. The molecular weight excluding hydrogens is 192 g/mol. The molecule has 15 heavy (non-hydrogen) atoms.